The maximum absolute atomic E-state index is 12.0. The van der Waals surface area contributed by atoms with Crippen LogP contribution in [0.3, 0.4) is 0 Å². The summed E-state index contributed by atoms with van der Waals surface area (Å²) in [7, 11) is 1.54. The number of fused-ring (bicyclic) bond motifs is 2. The predicted molar refractivity (Wildman–Crippen MR) is 66.5 cm³/mol. The molecule has 2 aliphatic rings. The lowest BCUT2D eigenvalue weighted by Gasteiger charge is -2.23. The van der Waals surface area contributed by atoms with Gasteiger partial charge in [0.05, 0.1) is 5.92 Å². The molecule has 2 heterocycles. The van der Waals surface area contributed by atoms with Crippen molar-refractivity contribution in [3.63, 3.8) is 0 Å². The molecule has 19 heavy (non-hydrogen) atoms. The highest BCUT2D eigenvalue weighted by atomic mass is 16.4. The smallest absolute Gasteiger partial charge is 0.317 e. The molecule has 2 aliphatic heterocycles. The van der Waals surface area contributed by atoms with Gasteiger partial charge in [-0.05, 0) is 19.3 Å². The minimum Gasteiger partial charge on any atom is -0.481 e. The quantitative estimate of drug-likeness (QED) is 0.656. The molecule has 2 bridgehead atoms. The average molecular weight is 269 g/mol. The van der Waals surface area contributed by atoms with E-state index in [1.165, 1.54) is 0 Å². The van der Waals surface area contributed by atoms with Crippen molar-refractivity contribution in [2.45, 2.75) is 37.8 Å². The number of nitrogens with one attached hydrogen (secondary N) is 2. The summed E-state index contributed by atoms with van der Waals surface area (Å²) in [4.78, 5) is 35.8. The van der Waals surface area contributed by atoms with E-state index in [-0.39, 0.29) is 37.0 Å². The van der Waals surface area contributed by atoms with E-state index in [2.05, 4.69) is 10.6 Å². The van der Waals surface area contributed by atoms with E-state index >= 15 is 0 Å². The summed E-state index contributed by atoms with van der Waals surface area (Å²) in [6.45, 7) is 0.270. The number of urea groups is 1. The van der Waals surface area contributed by atoms with Gasteiger partial charge in [-0.3, -0.25) is 9.59 Å². The van der Waals surface area contributed by atoms with Gasteiger partial charge in [-0.25, -0.2) is 4.79 Å². The lowest BCUT2D eigenvalue weighted by molar-refractivity contribution is -0.142. The minimum absolute atomic E-state index is 0.0334. The zero-order valence-electron chi connectivity index (χ0n) is 10.9. The Morgan fingerprint density at radius 1 is 1.32 bits per heavy atom. The van der Waals surface area contributed by atoms with Crippen molar-refractivity contribution in [2.24, 2.45) is 5.92 Å². The van der Waals surface area contributed by atoms with Crippen molar-refractivity contribution in [3.05, 3.63) is 0 Å². The summed E-state index contributed by atoms with van der Waals surface area (Å²) >= 11 is 0. The maximum Gasteiger partial charge on any atom is 0.317 e. The molecule has 2 rings (SSSR count). The Morgan fingerprint density at radius 2 is 2.05 bits per heavy atom. The highest BCUT2D eigenvalue weighted by molar-refractivity contribution is 5.80. The topological polar surface area (TPSA) is 98.7 Å². The first-order valence-corrected chi connectivity index (χ1v) is 6.54. The summed E-state index contributed by atoms with van der Waals surface area (Å²) in [6, 6.07) is -0.409. The van der Waals surface area contributed by atoms with Crippen LogP contribution in [-0.4, -0.2) is 53.6 Å². The standard InChI is InChI=1S/C12H19N3O4/c1-13-10(16)4-5-14-12(19)15-7-2-3-9(15)8(6-7)11(17)18/h7-9H,2-6H2,1H3,(H,13,16)(H,14,19)(H,17,18). The van der Waals surface area contributed by atoms with Gasteiger partial charge in [-0.2, -0.15) is 0 Å². The number of hydrogen-bond acceptors (Lipinski definition) is 3. The highest BCUT2D eigenvalue weighted by Gasteiger charge is 2.51. The second-order valence-electron chi connectivity index (χ2n) is 5.04. The summed E-state index contributed by atoms with van der Waals surface area (Å²) in [5.41, 5.74) is 0. The first-order valence-electron chi connectivity index (χ1n) is 6.54. The van der Waals surface area contributed by atoms with Gasteiger partial charge in [0.15, 0.2) is 0 Å². The second kappa shape index (κ2) is 5.46. The average Bonchev–Trinajstić information content (AvgIpc) is 2.95. The van der Waals surface area contributed by atoms with Crippen molar-refractivity contribution in [2.75, 3.05) is 13.6 Å². The molecule has 7 nitrogen and oxygen atoms in total. The molecule has 0 aromatic heterocycles. The van der Waals surface area contributed by atoms with Gasteiger partial charge in [0, 0.05) is 32.1 Å². The van der Waals surface area contributed by atoms with E-state index in [9.17, 15) is 14.4 Å². The molecule has 0 aromatic carbocycles. The molecule has 0 radical (unpaired) electrons. The van der Waals surface area contributed by atoms with Crippen LogP contribution in [0.25, 0.3) is 0 Å². The van der Waals surface area contributed by atoms with Gasteiger partial charge in [0.25, 0.3) is 0 Å². The molecule has 0 aromatic rings. The number of carboxylic acid groups (broad SMARTS) is 1. The summed E-state index contributed by atoms with van der Waals surface area (Å²) in [5.74, 6) is -1.40. The zero-order valence-corrected chi connectivity index (χ0v) is 10.9. The second-order valence-corrected chi connectivity index (χ2v) is 5.04. The first-order chi connectivity index (χ1) is 9.04. The molecule has 2 fully saturated rings. The number of carboxylic acids is 1. The van der Waals surface area contributed by atoms with Crippen LogP contribution in [0.15, 0.2) is 0 Å². The number of carbonyl (C=O) groups is 3. The van der Waals surface area contributed by atoms with Crippen molar-refractivity contribution in [1.82, 2.24) is 15.5 Å². The van der Waals surface area contributed by atoms with Gasteiger partial charge < -0.3 is 20.6 Å². The molecule has 0 spiro atoms. The van der Waals surface area contributed by atoms with Gasteiger partial charge in [0.2, 0.25) is 5.91 Å². The molecule has 3 amide bonds. The van der Waals surface area contributed by atoms with E-state index in [0.29, 0.717) is 6.42 Å². The van der Waals surface area contributed by atoms with Gasteiger partial charge in [-0.1, -0.05) is 0 Å². The number of hydrogen-bond donors (Lipinski definition) is 3. The molecular weight excluding hydrogens is 250 g/mol. The fourth-order valence-corrected chi connectivity index (χ4v) is 3.07. The van der Waals surface area contributed by atoms with Crippen LogP contribution < -0.4 is 10.6 Å². The van der Waals surface area contributed by atoms with Crippen LogP contribution in [0, 0.1) is 5.92 Å². The van der Waals surface area contributed by atoms with E-state index in [4.69, 9.17) is 5.11 Å². The third-order valence-electron chi connectivity index (χ3n) is 4.00. The third-order valence-corrected chi connectivity index (χ3v) is 4.00. The van der Waals surface area contributed by atoms with Gasteiger partial charge in [0.1, 0.15) is 0 Å². The Morgan fingerprint density at radius 3 is 2.63 bits per heavy atom. The fraction of sp³-hybridized carbons (Fsp3) is 0.750. The molecule has 0 saturated carbocycles. The van der Waals surface area contributed by atoms with E-state index in [1.807, 2.05) is 0 Å². The van der Waals surface area contributed by atoms with Crippen molar-refractivity contribution in [3.8, 4) is 0 Å². The largest absolute Gasteiger partial charge is 0.481 e. The van der Waals surface area contributed by atoms with Crippen LogP contribution in [0.5, 0.6) is 0 Å². The molecule has 3 unspecified atom stereocenters. The summed E-state index contributed by atoms with van der Waals surface area (Å²) in [6.07, 6.45) is 2.40. The summed E-state index contributed by atoms with van der Waals surface area (Å²) in [5, 5.41) is 14.3. The molecule has 3 atom stereocenters. The zero-order chi connectivity index (χ0) is 14.0. The molecular formula is C12H19N3O4. The Hall–Kier alpha value is -1.79. The van der Waals surface area contributed by atoms with Crippen molar-refractivity contribution in [1.29, 1.82) is 0 Å². The normalized spacial score (nSPS) is 28.3. The van der Waals surface area contributed by atoms with Crippen molar-refractivity contribution < 1.29 is 19.5 Å². The van der Waals surface area contributed by atoms with Gasteiger partial charge in [-0.15, -0.1) is 0 Å². The lowest BCUT2D eigenvalue weighted by atomic mass is 9.89. The Balaban J connectivity index is 1.87. The summed E-state index contributed by atoms with van der Waals surface area (Å²) < 4.78 is 0. The SMILES string of the molecule is CNC(=O)CCNC(=O)N1C2CCC1C(C(=O)O)C2. The fourth-order valence-electron chi connectivity index (χ4n) is 3.07. The van der Waals surface area contributed by atoms with Crippen LogP contribution >= 0.6 is 0 Å². The highest BCUT2D eigenvalue weighted by Crippen LogP contribution is 2.41. The molecule has 106 valence electrons. The number of nitrogens with zero attached hydrogens (tertiary/aromatic N) is 1. The van der Waals surface area contributed by atoms with Crippen LogP contribution in [-0.2, 0) is 9.59 Å². The maximum atomic E-state index is 12.0. The number of amides is 3. The number of aliphatic carboxylic acids is 1. The lowest BCUT2D eigenvalue weighted by Crippen LogP contribution is -2.45. The van der Waals surface area contributed by atoms with E-state index in [1.54, 1.807) is 11.9 Å². The van der Waals surface area contributed by atoms with Gasteiger partial charge >= 0.3 is 12.0 Å². The van der Waals surface area contributed by atoms with E-state index < -0.39 is 11.9 Å². The van der Waals surface area contributed by atoms with E-state index in [0.717, 1.165) is 12.8 Å². The van der Waals surface area contributed by atoms with Crippen LogP contribution in [0.2, 0.25) is 0 Å². The molecule has 0 aliphatic carbocycles. The minimum atomic E-state index is -0.824. The first kappa shape index (κ1) is 13.6. The Labute approximate surface area is 111 Å². The van der Waals surface area contributed by atoms with Crippen molar-refractivity contribution >= 4 is 17.9 Å². The molecule has 3 N–H and O–H groups in total. The van der Waals surface area contributed by atoms with Crippen LogP contribution in [0.4, 0.5) is 4.79 Å². The monoisotopic (exact) mass is 269 g/mol. The Bertz CT molecular complexity index is 398. The third kappa shape index (κ3) is 2.64. The van der Waals surface area contributed by atoms with Crippen LogP contribution in [0.1, 0.15) is 25.7 Å². The predicted octanol–water partition coefficient (Wildman–Crippen LogP) is -0.230. The Kier molecular flexibility index (Phi) is 3.92. The number of rotatable bonds is 4. The molecule has 7 heteroatoms. The molecule has 2 saturated heterocycles. The number of carbonyl (C=O) groups excluding carboxylic acids is 2.